The normalized spacial score (nSPS) is 11.7. The number of rotatable bonds is 5. The number of carbonyl (C=O) groups excluding carboxylic acids is 1. The molecule has 0 atom stereocenters. The molecule has 0 aliphatic carbocycles. The quantitative estimate of drug-likeness (QED) is 0.480. The van der Waals surface area contributed by atoms with Crippen molar-refractivity contribution in [1.29, 1.82) is 0 Å². The highest BCUT2D eigenvalue weighted by molar-refractivity contribution is 5.71. The van der Waals surface area contributed by atoms with Crippen molar-refractivity contribution in [3.8, 4) is 5.75 Å². The topological polar surface area (TPSA) is 126 Å². The summed E-state index contributed by atoms with van der Waals surface area (Å²) >= 11 is 0. The van der Waals surface area contributed by atoms with Crippen molar-refractivity contribution in [1.82, 2.24) is 5.32 Å². The molecule has 0 bridgehead atoms. The molecule has 0 saturated heterocycles. The van der Waals surface area contributed by atoms with E-state index in [1.54, 1.807) is 18.2 Å². The Morgan fingerprint density at radius 1 is 1.15 bits per heavy atom. The maximum atomic E-state index is 10.9. The number of nitrogens with zero attached hydrogens (tertiary/aromatic N) is 2. The van der Waals surface area contributed by atoms with Crippen LogP contribution in [0.15, 0.2) is 46.6 Å². The maximum absolute atomic E-state index is 10.9. The fourth-order valence-corrected chi connectivity index (χ4v) is 2.49. The van der Waals surface area contributed by atoms with Crippen LogP contribution in [0.4, 0.5) is 21.9 Å². The van der Waals surface area contributed by atoms with Gasteiger partial charge in [-0.1, -0.05) is 39.0 Å². The number of primary amides is 1. The van der Waals surface area contributed by atoms with Gasteiger partial charge in [-0.05, 0) is 35.6 Å². The average Bonchev–Trinajstić information content (AvgIpc) is 2.54. The predicted octanol–water partition coefficient (Wildman–Crippen LogP) is 3.90. The van der Waals surface area contributed by atoms with Gasteiger partial charge in [-0.2, -0.15) is 0 Å². The number of nitrogen functional groups attached to an aromatic ring is 1. The minimum absolute atomic E-state index is 0.0855. The second kappa shape index (κ2) is 7.86. The predicted molar refractivity (Wildman–Crippen MR) is 103 cm³/mol. The largest absolute Gasteiger partial charge is 0.505 e. The molecule has 7 nitrogen and oxygen atoms in total. The number of anilines is 1. The zero-order valence-electron chi connectivity index (χ0n) is 15.3. The molecule has 7 heteroatoms. The molecule has 0 unspecified atom stereocenters. The third kappa shape index (κ3) is 4.95. The van der Waals surface area contributed by atoms with E-state index in [9.17, 15) is 9.90 Å². The smallest absolute Gasteiger partial charge is 0.312 e. The Bertz CT molecular complexity index is 825. The summed E-state index contributed by atoms with van der Waals surface area (Å²) in [5.74, 6) is 0.0855. The van der Waals surface area contributed by atoms with Gasteiger partial charge in [0.25, 0.3) is 0 Å². The highest BCUT2D eigenvalue weighted by Gasteiger charge is 2.21. The number of phenolic OH excluding ortho intramolecular Hbond substituents is 1. The van der Waals surface area contributed by atoms with Gasteiger partial charge in [-0.15, -0.1) is 10.2 Å². The van der Waals surface area contributed by atoms with Crippen LogP contribution < -0.4 is 16.8 Å². The van der Waals surface area contributed by atoms with E-state index >= 15 is 0 Å². The molecular weight excluding hydrogens is 330 g/mol. The number of nitrogens with one attached hydrogen (secondary N) is 1. The van der Waals surface area contributed by atoms with E-state index in [0.29, 0.717) is 30.0 Å². The summed E-state index contributed by atoms with van der Waals surface area (Å²) in [5, 5.41) is 21.6. The summed E-state index contributed by atoms with van der Waals surface area (Å²) in [4.78, 5) is 10.9. The number of para-hydroxylation sites is 1. The number of phenols is 1. The molecule has 0 aliphatic heterocycles. The van der Waals surface area contributed by atoms with Crippen molar-refractivity contribution < 1.29 is 9.90 Å². The first-order valence-corrected chi connectivity index (χ1v) is 8.34. The number of urea groups is 1. The molecule has 0 saturated carbocycles. The van der Waals surface area contributed by atoms with E-state index in [1.807, 2.05) is 39.0 Å². The van der Waals surface area contributed by atoms with Gasteiger partial charge < -0.3 is 21.9 Å². The van der Waals surface area contributed by atoms with Gasteiger partial charge in [-0.25, -0.2) is 4.79 Å². The number of aromatic hydroxyl groups is 1. The lowest BCUT2D eigenvalue weighted by molar-refractivity contribution is 0.249. The summed E-state index contributed by atoms with van der Waals surface area (Å²) in [7, 11) is 0. The zero-order valence-corrected chi connectivity index (χ0v) is 15.3. The van der Waals surface area contributed by atoms with Crippen molar-refractivity contribution in [2.45, 2.75) is 32.6 Å². The van der Waals surface area contributed by atoms with Crippen molar-refractivity contribution in [2.24, 2.45) is 16.0 Å². The minimum atomic E-state index is -0.570. The summed E-state index contributed by atoms with van der Waals surface area (Å²) in [6.07, 6.45) is 0.558. The van der Waals surface area contributed by atoms with E-state index in [2.05, 4.69) is 15.5 Å². The van der Waals surface area contributed by atoms with Gasteiger partial charge in [0.05, 0.1) is 5.69 Å². The minimum Gasteiger partial charge on any atom is -0.505 e. The summed E-state index contributed by atoms with van der Waals surface area (Å²) in [6, 6.07) is 10.2. The van der Waals surface area contributed by atoms with Crippen LogP contribution in [-0.2, 0) is 11.8 Å². The van der Waals surface area contributed by atoms with E-state index in [0.717, 1.165) is 11.1 Å². The number of benzene rings is 2. The number of carbonyl (C=O) groups is 1. The van der Waals surface area contributed by atoms with E-state index in [4.69, 9.17) is 11.5 Å². The molecule has 6 N–H and O–H groups in total. The molecule has 0 radical (unpaired) electrons. The molecule has 0 fully saturated rings. The van der Waals surface area contributed by atoms with Crippen LogP contribution in [0.25, 0.3) is 0 Å². The van der Waals surface area contributed by atoms with Crippen molar-refractivity contribution >= 4 is 23.1 Å². The van der Waals surface area contributed by atoms with Gasteiger partial charge in [0, 0.05) is 12.1 Å². The molecular formula is C19H25N5O2. The molecule has 26 heavy (non-hydrogen) atoms. The van der Waals surface area contributed by atoms with Gasteiger partial charge in [0.2, 0.25) is 0 Å². The SMILES string of the molecule is CC(C)(C)c1cc(CCNC(N)=O)cc(N=Nc2ccccc2N)c1O. The number of amides is 2. The molecule has 0 aliphatic rings. The van der Waals surface area contributed by atoms with Crippen molar-refractivity contribution in [3.05, 3.63) is 47.5 Å². The molecule has 2 rings (SSSR count). The Morgan fingerprint density at radius 2 is 1.81 bits per heavy atom. The molecule has 0 aromatic heterocycles. The second-order valence-corrected chi connectivity index (χ2v) is 7.06. The average molecular weight is 355 g/mol. The van der Waals surface area contributed by atoms with Gasteiger partial charge >= 0.3 is 6.03 Å². The van der Waals surface area contributed by atoms with Gasteiger partial charge in [-0.3, -0.25) is 0 Å². The number of hydrogen-bond acceptors (Lipinski definition) is 5. The fraction of sp³-hybridized carbons (Fsp3) is 0.316. The zero-order chi connectivity index (χ0) is 19.3. The Labute approximate surface area is 153 Å². The standard InChI is InChI=1S/C19H25N5O2/c1-19(2,3)13-10-12(8-9-22-18(21)26)11-16(17(13)25)24-23-15-7-5-4-6-14(15)20/h4-7,10-11,25H,8-9,20H2,1-3H3,(H3,21,22,26). The number of hydrogen-bond donors (Lipinski definition) is 4. The second-order valence-electron chi connectivity index (χ2n) is 7.06. The van der Waals surface area contributed by atoms with E-state index in [-0.39, 0.29) is 11.2 Å². The molecule has 138 valence electrons. The molecule has 2 aromatic carbocycles. The monoisotopic (exact) mass is 355 g/mol. The van der Waals surface area contributed by atoms with Crippen LogP contribution in [0.3, 0.4) is 0 Å². The van der Waals surface area contributed by atoms with Crippen LogP contribution in [0.2, 0.25) is 0 Å². The van der Waals surface area contributed by atoms with Crippen molar-refractivity contribution in [2.75, 3.05) is 12.3 Å². The van der Waals surface area contributed by atoms with Crippen LogP contribution in [0.1, 0.15) is 31.9 Å². The lowest BCUT2D eigenvalue weighted by atomic mass is 9.84. The fourth-order valence-electron chi connectivity index (χ4n) is 2.49. The molecule has 2 amide bonds. The van der Waals surface area contributed by atoms with Crippen molar-refractivity contribution in [3.63, 3.8) is 0 Å². The first-order chi connectivity index (χ1) is 12.2. The Hall–Kier alpha value is -3.09. The third-order valence-corrected chi connectivity index (χ3v) is 3.87. The van der Waals surface area contributed by atoms with E-state index in [1.165, 1.54) is 0 Å². The molecule has 0 spiro atoms. The highest BCUT2D eigenvalue weighted by Crippen LogP contribution is 2.40. The van der Waals surface area contributed by atoms with Gasteiger partial charge in [0.1, 0.15) is 17.1 Å². The van der Waals surface area contributed by atoms with Crippen LogP contribution in [-0.4, -0.2) is 17.7 Å². The lowest BCUT2D eigenvalue weighted by Gasteiger charge is -2.22. The molecule has 2 aromatic rings. The molecule has 0 heterocycles. The lowest BCUT2D eigenvalue weighted by Crippen LogP contribution is -2.31. The Kier molecular flexibility index (Phi) is 5.82. The number of azo groups is 1. The Balaban J connectivity index is 2.40. The van der Waals surface area contributed by atoms with Crippen LogP contribution >= 0.6 is 0 Å². The maximum Gasteiger partial charge on any atom is 0.312 e. The first-order valence-electron chi connectivity index (χ1n) is 8.34. The van der Waals surface area contributed by atoms with Crippen LogP contribution in [0.5, 0.6) is 5.75 Å². The third-order valence-electron chi connectivity index (χ3n) is 3.87. The first kappa shape index (κ1) is 19.2. The summed E-state index contributed by atoms with van der Waals surface area (Å²) in [6.45, 7) is 6.41. The van der Waals surface area contributed by atoms with Gasteiger partial charge in [0.15, 0.2) is 0 Å². The van der Waals surface area contributed by atoms with Crippen LogP contribution in [0, 0.1) is 0 Å². The highest BCUT2D eigenvalue weighted by atomic mass is 16.3. The summed E-state index contributed by atoms with van der Waals surface area (Å²) in [5.41, 5.74) is 13.8. The van der Waals surface area contributed by atoms with E-state index < -0.39 is 6.03 Å². The summed E-state index contributed by atoms with van der Waals surface area (Å²) < 4.78 is 0. The Morgan fingerprint density at radius 3 is 2.42 bits per heavy atom. The number of nitrogens with two attached hydrogens (primary N) is 2.